The molecule has 0 radical (unpaired) electrons. The van der Waals surface area contributed by atoms with Crippen molar-refractivity contribution < 1.29 is 9.47 Å². The lowest BCUT2D eigenvalue weighted by Gasteiger charge is -2.11. The summed E-state index contributed by atoms with van der Waals surface area (Å²) in [4.78, 5) is 4.57. The number of methoxy groups -OCH3 is 1. The van der Waals surface area contributed by atoms with Crippen molar-refractivity contribution in [3.8, 4) is 5.75 Å². The summed E-state index contributed by atoms with van der Waals surface area (Å²) < 4.78 is 10.5. The second kappa shape index (κ2) is 14.3. The van der Waals surface area contributed by atoms with Gasteiger partial charge >= 0.3 is 0 Å². The van der Waals surface area contributed by atoms with Crippen molar-refractivity contribution in [3.63, 3.8) is 0 Å². The number of halogens is 1. The van der Waals surface area contributed by atoms with Crippen molar-refractivity contribution in [1.29, 1.82) is 0 Å². The Hall–Kier alpha value is -1.28. The molecule has 0 aliphatic carbocycles. The summed E-state index contributed by atoms with van der Waals surface area (Å²) in [5, 5.41) is 6.50. The number of hydrogen-bond acceptors (Lipinski definition) is 3. The van der Waals surface area contributed by atoms with Gasteiger partial charge in [0, 0.05) is 26.3 Å². The van der Waals surface area contributed by atoms with Gasteiger partial charge in [-0.1, -0.05) is 18.2 Å². The van der Waals surface area contributed by atoms with Gasteiger partial charge in [0.1, 0.15) is 5.75 Å². The van der Waals surface area contributed by atoms with Crippen LogP contribution >= 0.6 is 24.0 Å². The number of nitrogens with zero attached hydrogens (tertiary/aromatic N) is 1. The van der Waals surface area contributed by atoms with E-state index in [0.29, 0.717) is 13.1 Å². The molecule has 0 heterocycles. The van der Waals surface area contributed by atoms with Gasteiger partial charge < -0.3 is 20.1 Å². The van der Waals surface area contributed by atoms with Crippen LogP contribution in [-0.4, -0.2) is 39.4 Å². The van der Waals surface area contributed by atoms with Crippen LogP contribution in [0.2, 0.25) is 0 Å². The van der Waals surface area contributed by atoms with Crippen molar-refractivity contribution in [3.05, 3.63) is 42.5 Å². The minimum absolute atomic E-state index is 0. The molecule has 0 aliphatic rings. The Labute approximate surface area is 156 Å². The third-order valence-electron chi connectivity index (χ3n) is 2.95. The molecule has 0 saturated heterocycles. The molecule has 0 fully saturated rings. The monoisotopic (exact) mass is 433 g/mol. The molecule has 1 aromatic carbocycles. The quantitative estimate of drug-likeness (QED) is 0.196. The van der Waals surface area contributed by atoms with Gasteiger partial charge in [-0.3, -0.25) is 0 Å². The third kappa shape index (κ3) is 10.2. The molecule has 0 aliphatic heterocycles. The fourth-order valence-corrected chi connectivity index (χ4v) is 1.77. The lowest BCUT2D eigenvalue weighted by molar-refractivity contribution is 0.145. The minimum Gasteiger partial charge on any atom is -0.497 e. The fraction of sp³-hybridized carbons (Fsp3) is 0.471. The Morgan fingerprint density at radius 1 is 1.26 bits per heavy atom. The van der Waals surface area contributed by atoms with Crippen LogP contribution in [0.5, 0.6) is 5.75 Å². The summed E-state index contributed by atoms with van der Waals surface area (Å²) >= 11 is 0. The maximum atomic E-state index is 5.32. The zero-order valence-corrected chi connectivity index (χ0v) is 16.3. The molecule has 1 rings (SSSR count). The van der Waals surface area contributed by atoms with Crippen LogP contribution in [0.4, 0.5) is 0 Å². The van der Waals surface area contributed by atoms with Crippen LogP contribution in [0.15, 0.2) is 41.9 Å². The van der Waals surface area contributed by atoms with E-state index < -0.39 is 0 Å². The number of rotatable bonds is 10. The van der Waals surface area contributed by atoms with Crippen LogP contribution in [0.3, 0.4) is 0 Å². The molecule has 2 N–H and O–H groups in total. The molecule has 0 bridgehead atoms. The summed E-state index contributed by atoms with van der Waals surface area (Å²) in [6.45, 7) is 9.35. The van der Waals surface area contributed by atoms with Gasteiger partial charge in [0.2, 0.25) is 0 Å². The molecule has 0 aromatic heterocycles. The standard InChI is InChI=1S/C17H27N3O2.HI/c1-4-11-18-17(19-12-6-13-22-5-2)20-14-15-7-9-16(21-3)10-8-15;/h4,7-10H,1,5-6,11-14H2,2-3H3,(H2,18,19,20);1H. The highest BCUT2D eigenvalue weighted by Crippen LogP contribution is 2.11. The third-order valence-corrected chi connectivity index (χ3v) is 2.95. The van der Waals surface area contributed by atoms with Crippen molar-refractivity contribution in [2.24, 2.45) is 4.99 Å². The van der Waals surface area contributed by atoms with Crippen LogP contribution in [-0.2, 0) is 11.3 Å². The van der Waals surface area contributed by atoms with Crippen molar-refractivity contribution in [1.82, 2.24) is 10.6 Å². The summed E-state index contributed by atoms with van der Waals surface area (Å²) in [6.07, 6.45) is 2.76. The number of benzene rings is 1. The molecule has 0 atom stereocenters. The first-order chi connectivity index (χ1) is 10.8. The maximum Gasteiger partial charge on any atom is 0.191 e. The Morgan fingerprint density at radius 2 is 2.00 bits per heavy atom. The van der Waals surface area contributed by atoms with Crippen LogP contribution in [0.1, 0.15) is 18.9 Å². The van der Waals surface area contributed by atoms with Crippen molar-refractivity contribution in [2.75, 3.05) is 33.4 Å². The first kappa shape index (κ1) is 21.7. The molecule has 5 nitrogen and oxygen atoms in total. The van der Waals surface area contributed by atoms with Crippen LogP contribution in [0.25, 0.3) is 0 Å². The Bertz CT molecular complexity index is 450. The molecule has 0 unspecified atom stereocenters. The fourth-order valence-electron chi connectivity index (χ4n) is 1.77. The predicted octanol–water partition coefficient (Wildman–Crippen LogP) is 2.96. The van der Waals surface area contributed by atoms with E-state index in [1.54, 1.807) is 7.11 Å². The zero-order valence-electron chi connectivity index (χ0n) is 14.0. The van der Waals surface area contributed by atoms with E-state index in [4.69, 9.17) is 9.47 Å². The normalized spacial score (nSPS) is 10.6. The summed E-state index contributed by atoms with van der Waals surface area (Å²) in [6, 6.07) is 7.92. The maximum absolute atomic E-state index is 5.32. The van der Waals surface area contributed by atoms with Gasteiger partial charge in [0.25, 0.3) is 0 Å². The topological polar surface area (TPSA) is 54.9 Å². The summed E-state index contributed by atoms with van der Waals surface area (Å²) in [5.74, 6) is 1.64. The van der Waals surface area contributed by atoms with Crippen LogP contribution in [0, 0.1) is 0 Å². The highest BCUT2D eigenvalue weighted by molar-refractivity contribution is 14.0. The smallest absolute Gasteiger partial charge is 0.191 e. The van der Waals surface area contributed by atoms with Crippen molar-refractivity contribution in [2.45, 2.75) is 19.9 Å². The Kier molecular flexibility index (Phi) is 13.5. The average Bonchev–Trinajstić information content (AvgIpc) is 2.57. The number of nitrogens with one attached hydrogen (secondary N) is 2. The van der Waals surface area contributed by atoms with E-state index in [0.717, 1.165) is 43.5 Å². The highest BCUT2D eigenvalue weighted by atomic mass is 127. The molecular weight excluding hydrogens is 405 g/mol. The molecule has 6 heteroatoms. The second-order valence-corrected chi connectivity index (χ2v) is 4.66. The Morgan fingerprint density at radius 3 is 2.61 bits per heavy atom. The minimum atomic E-state index is 0. The molecule has 0 spiro atoms. The molecular formula is C17H28IN3O2. The number of guanidine groups is 1. The zero-order chi connectivity index (χ0) is 16.0. The Balaban J connectivity index is 0.00000484. The SMILES string of the molecule is C=CCNC(=NCc1ccc(OC)cc1)NCCCOCC.I. The van der Waals surface area contributed by atoms with Gasteiger partial charge in [-0.2, -0.15) is 0 Å². The largest absolute Gasteiger partial charge is 0.497 e. The number of hydrogen-bond donors (Lipinski definition) is 2. The van der Waals surface area contributed by atoms with Gasteiger partial charge in [0.05, 0.1) is 13.7 Å². The van der Waals surface area contributed by atoms with Gasteiger partial charge in [-0.25, -0.2) is 4.99 Å². The molecule has 0 saturated carbocycles. The van der Waals surface area contributed by atoms with E-state index >= 15 is 0 Å². The molecule has 0 amide bonds. The van der Waals surface area contributed by atoms with E-state index in [1.165, 1.54) is 0 Å². The van der Waals surface area contributed by atoms with Crippen molar-refractivity contribution >= 4 is 29.9 Å². The second-order valence-electron chi connectivity index (χ2n) is 4.66. The number of aliphatic imine (C=N–C) groups is 1. The lowest BCUT2D eigenvalue weighted by atomic mass is 10.2. The van der Waals surface area contributed by atoms with Gasteiger partial charge in [-0.15, -0.1) is 30.6 Å². The van der Waals surface area contributed by atoms with Gasteiger partial charge in [0.15, 0.2) is 5.96 Å². The van der Waals surface area contributed by atoms with Gasteiger partial charge in [-0.05, 0) is 31.0 Å². The van der Waals surface area contributed by atoms with E-state index in [2.05, 4.69) is 22.2 Å². The first-order valence-electron chi connectivity index (χ1n) is 7.64. The molecule has 23 heavy (non-hydrogen) atoms. The van der Waals surface area contributed by atoms with E-state index in [1.807, 2.05) is 37.3 Å². The highest BCUT2D eigenvalue weighted by Gasteiger charge is 1.98. The molecule has 130 valence electrons. The average molecular weight is 433 g/mol. The first-order valence-corrected chi connectivity index (χ1v) is 7.64. The van der Waals surface area contributed by atoms with E-state index in [-0.39, 0.29) is 24.0 Å². The predicted molar refractivity (Wildman–Crippen MR) is 107 cm³/mol. The molecule has 1 aromatic rings. The van der Waals surface area contributed by atoms with Crippen LogP contribution < -0.4 is 15.4 Å². The van der Waals surface area contributed by atoms with E-state index in [9.17, 15) is 0 Å². The lowest BCUT2D eigenvalue weighted by Crippen LogP contribution is -2.38. The number of ether oxygens (including phenoxy) is 2. The summed E-state index contributed by atoms with van der Waals surface area (Å²) in [7, 11) is 1.66. The summed E-state index contributed by atoms with van der Waals surface area (Å²) in [5.41, 5.74) is 1.13.